The average molecular weight is 341 g/mol. The minimum atomic E-state index is -4.44. The molecular formula is C12H11N3O5S2. The van der Waals surface area contributed by atoms with Crippen LogP contribution < -0.4 is 5.73 Å². The largest absolute Gasteiger partial charge is 0.398 e. The summed E-state index contributed by atoms with van der Waals surface area (Å²) in [7, 11) is -4.44. The molecule has 2 aromatic rings. The summed E-state index contributed by atoms with van der Waals surface area (Å²) in [6.45, 7) is 0. The lowest BCUT2D eigenvalue weighted by atomic mass is 10.3. The minimum absolute atomic E-state index is 0.101. The van der Waals surface area contributed by atoms with Crippen LogP contribution >= 0.6 is 0 Å². The molecule has 0 saturated carbocycles. The van der Waals surface area contributed by atoms with Crippen molar-refractivity contribution in [2.75, 3.05) is 5.73 Å². The Kier molecular flexibility index (Phi) is 4.66. The number of hydrogen-bond donors (Lipinski definition) is 3. The fraction of sp³-hybridized carbons (Fsp3) is 0. The Labute approximate surface area is 128 Å². The van der Waals surface area contributed by atoms with Crippen LogP contribution in [0.25, 0.3) is 0 Å². The molecule has 0 saturated heterocycles. The van der Waals surface area contributed by atoms with Crippen LogP contribution in [0.5, 0.6) is 0 Å². The maximum absolute atomic E-state index is 11.1. The minimum Gasteiger partial charge on any atom is -0.398 e. The van der Waals surface area contributed by atoms with Gasteiger partial charge in [-0.1, -0.05) is 0 Å². The Bertz CT molecular complexity index is 848. The molecule has 8 nitrogen and oxygen atoms in total. The van der Waals surface area contributed by atoms with Crippen LogP contribution in [0, 0.1) is 0 Å². The first kappa shape index (κ1) is 16.2. The first-order valence-electron chi connectivity index (χ1n) is 5.77. The standard InChI is InChI=1S/C12H11N3O5S2/c13-11-6-3-9(7-12(11)22(18,19)20)15-14-8-1-4-10(5-2-8)21(16)17/h1-7H,13H2,(H,16,17)(H,18,19,20). The Morgan fingerprint density at radius 2 is 1.55 bits per heavy atom. The molecule has 0 fully saturated rings. The molecule has 116 valence electrons. The monoisotopic (exact) mass is 341 g/mol. The second-order valence-electron chi connectivity index (χ2n) is 4.14. The van der Waals surface area contributed by atoms with Gasteiger partial charge in [0.25, 0.3) is 10.1 Å². The molecule has 0 spiro atoms. The fourth-order valence-electron chi connectivity index (χ4n) is 1.55. The van der Waals surface area contributed by atoms with Crippen LogP contribution in [0.4, 0.5) is 17.1 Å². The van der Waals surface area contributed by atoms with E-state index in [1.165, 1.54) is 36.4 Å². The summed E-state index contributed by atoms with van der Waals surface area (Å²) >= 11 is -2.07. The number of rotatable bonds is 4. The fourth-order valence-corrected chi connectivity index (χ4v) is 2.56. The summed E-state index contributed by atoms with van der Waals surface area (Å²) in [5.74, 6) is 0. The first-order valence-corrected chi connectivity index (χ1v) is 8.32. The van der Waals surface area contributed by atoms with E-state index in [2.05, 4.69) is 10.2 Å². The summed E-state index contributed by atoms with van der Waals surface area (Å²) in [5, 5.41) is 7.68. The van der Waals surface area contributed by atoms with Crippen LogP contribution in [0.2, 0.25) is 0 Å². The van der Waals surface area contributed by atoms with Crippen LogP contribution in [0.15, 0.2) is 62.5 Å². The molecule has 1 unspecified atom stereocenters. The van der Waals surface area contributed by atoms with E-state index >= 15 is 0 Å². The third-order valence-corrected chi connectivity index (χ3v) is 4.18. The van der Waals surface area contributed by atoms with Gasteiger partial charge in [0.05, 0.1) is 22.0 Å². The van der Waals surface area contributed by atoms with Gasteiger partial charge in [-0.25, -0.2) is 4.21 Å². The molecule has 22 heavy (non-hydrogen) atoms. The molecule has 0 amide bonds. The maximum atomic E-state index is 11.1. The highest BCUT2D eigenvalue weighted by atomic mass is 32.2. The number of anilines is 1. The summed E-state index contributed by atoms with van der Waals surface area (Å²) in [5.41, 5.74) is 5.94. The first-order chi connectivity index (χ1) is 10.3. The van der Waals surface area contributed by atoms with Crippen LogP contribution in [-0.2, 0) is 21.2 Å². The van der Waals surface area contributed by atoms with E-state index in [-0.39, 0.29) is 16.3 Å². The Morgan fingerprint density at radius 3 is 2.09 bits per heavy atom. The number of azo groups is 1. The zero-order valence-corrected chi connectivity index (χ0v) is 12.6. The third kappa shape index (κ3) is 3.95. The van der Waals surface area contributed by atoms with E-state index in [1.54, 1.807) is 0 Å². The molecule has 1 atom stereocenters. The van der Waals surface area contributed by atoms with E-state index in [1.807, 2.05) is 0 Å². The van der Waals surface area contributed by atoms with E-state index in [9.17, 15) is 12.6 Å². The van der Waals surface area contributed by atoms with E-state index in [4.69, 9.17) is 14.8 Å². The van der Waals surface area contributed by atoms with Crippen molar-refractivity contribution in [2.45, 2.75) is 9.79 Å². The Morgan fingerprint density at radius 1 is 1.00 bits per heavy atom. The molecule has 0 aliphatic heterocycles. The van der Waals surface area contributed by atoms with E-state index < -0.39 is 26.1 Å². The van der Waals surface area contributed by atoms with Crippen molar-refractivity contribution in [3.8, 4) is 0 Å². The lowest BCUT2D eigenvalue weighted by Gasteiger charge is -2.02. The van der Waals surface area contributed by atoms with Crippen molar-refractivity contribution in [3.05, 3.63) is 42.5 Å². The topological polar surface area (TPSA) is 142 Å². The smallest absolute Gasteiger partial charge is 0.296 e. The van der Waals surface area contributed by atoms with Crippen molar-refractivity contribution in [1.29, 1.82) is 0 Å². The number of hydrogen-bond acceptors (Lipinski definition) is 6. The summed E-state index contributed by atoms with van der Waals surface area (Å²) in [6, 6.07) is 9.60. The second-order valence-corrected chi connectivity index (χ2v) is 6.50. The number of nitrogen functional groups attached to an aromatic ring is 1. The highest BCUT2D eigenvalue weighted by molar-refractivity contribution is 7.86. The van der Waals surface area contributed by atoms with Crippen molar-refractivity contribution in [3.63, 3.8) is 0 Å². The lowest BCUT2D eigenvalue weighted by molar-refractivity contribution is 0.483. The van der Waals surface area contributed by atoms with Crippen LogP contribution in [-0.4, -0.2) is 21.7 Å². The number of nitrogens with two attached hydrogens (primary N) is 1. The van der Waals surface area contributed by atoms with Crippen molar-refractivity contribution < 1.29 is 21.7 Å². The van der Waals surface area contributed by atoms with E-state index in [0.717, 1.165) is 6.07 Å². The van der Waals surface area contributed by atoms with Gasteiger partial charge in [-0.3, -0.25) is 4.55 Å². The highest BCUT2D eigenvalue weighted by Crippen LogP contribution is 2.26. The Balaban J connectivity index is 2.29. The van der Waals surface area contributed by atoms with Crippen LogP contribution in [0.3, 0.4) is 0 Å². The Hall–Kier alpha value is -2.14. The van der Waals surface area contributed by atoms with Gasteiger partial charge in [-0.05, 0) is 42.5 Å². The van der Waals surface area contributed by atoms with Gasteiger partial charge in [0.2, 0.25) is 0 Å². The lowest BCUT2D eigenvalue weighted by Crippen LogP contribution is -2.02. The van der Waals surface area contributed by atoms with Crippen LogP contribution in [0.1, 0.15) is 0 Å². The van der Waals surface area contributed by atoms with Gasteiger partial charge in [-0.15, -0.1) is 0 Å². The predicted molar refractivity (Wildman–Crippen MR) is 80.3 cm³/mol. The normalized spacial score (nSPS) is 13.4. The summed E-state index contributed by atoms with van der Waals surface area (Å²) in [6.07, 6.45) is 0. The quantitative estimate of drug-likeness (QED) is 0.337. The summed E-state index contributed by atoms with van der Waals surface area (Å²) in [4.78, 5) is -0.227. The molecular weight excluding hydrogens is 330 g/mol. The maximum Gasteiger partial charge on any atom is 0.296 e. The zero-order valence-electron chi connectivity index (χ0n) is 10.9. The van der Waals surface area contributed by atoms with Crippen molar-refractivity contribution >= 4 is 38.3 Å². The summed E-state index contributed by atoms with van der Waals surface area (Å²) < 4.78 is 51.0. The van der Waals surface area contributed by atoms with Gasteiger partial charge >= 0.3 is 0 Å². The van der Waals surface area contributed by atoms with E-state index in [0.29, 0.717) is 5.69 Å². The zero-order chi connectivity index (χ0) is 16.3. The molecule has 0 aliphatic carbocycles. The molecule has 4 N–H and O–H groups in total. The van der Waals surface area contributed by atoms with Gasteiger partial charge in [-0.2, -0.15) is 18.6 Å². The van der Waals surface area contributed by atoms with Crippen molar-refractivity contribution in [1.82, 2.24) is 0 Å². The SMILES string of the molecule is Nc1ccc(N=Nc2ccc(S(=O)O)cc2)cc1S(=O)(=O)O. The van der Waals surface area contributed by atoms with Crippen molar-refractivity contribution in [2.24, 2.45) is 10.2 Å². The predicted octanol–water partition coefficient (Wildman–Crippen LogP) is 2.51. The molecule has 0 radical (unpaired) electrons. The molecule has 0 aromatic heterocycles. The molecule has 10 heteroatoms. The van der Waals surface area contributed by atoms with Gasteiger partial charge in [0.1, 0.15) is 4.90 Å². The molecule has 2 aromatic carbocycles. The molecule has 0 bridgehead atoms. The third-order valence-electron chi connectivity index (χ3n) is 2.59. The van der Waals surface area contributed by atoms with Gasteiger partial charge in [0.15, 0.2) is 11.1 Å². The number of benzene rings is 2. The van der Waals surface area contributed by atoms with Gasteiger partial charge in [0, 0.05) is 0 Å². The number of nitrogens with zero attached hydrogens (tertiary/aromatic N) is 2. The molecule has 0 heterocycles. The molecule has 2 rings (SSSR count). The second kappa shape index (κ2) is 6.32. The highest BCUT2D eigenvalue weighted by Gasteiger charge is 2.14. The average Bonchev–Trinajstić information content (AvgIpc) is 2.45. The van der Waals surface area contributed by atoms with Gasteiger partial charge < -0.3 is 10.3 Å². The molecule has 0 aliphatic rings.